The molecule has 1 N–H and O–H groups in total. The Balaban J connectivity index is 2.10. The molecule has 17 heavy (non-hydrogen) atoms. The summed E-state index contributed by atoms with van der Waals surface area (Å²) in [6.45, 7) is 0. The lowest BCUT2D eigenvalue weighted by molar-refractivity contribution is -0.384. The van der Waals surface area contributed by atoms with Crippen LogP contribution in [0.5, 0.6) is 0 Å². The number of halogens is 1. The Bertz CT molecular complexity index is 472. The van der Waals surface area contributed by atoms with Crippen molar-refractivity contribution in [3.8, 4) is 0 Å². The highest BCUT2D eigenvalue weighted by Crippen LogP contribution is 2.31. The van der Waals surface area contributed by atoms with Gasteiger partial charge in [-0.3, -0.25) is 14.9 Å². The van der Waals surface area contributed by atoms with Crippen molar-refractivity contribution in [3.05, 3.63) is 32.8 Å². The molecule has 0 unspecified atom stereocenters. The molecule has 1 fully saturated rings. The molecule has 1 amide bonds. The van der Waals surface area contributed by atoms with Gasteiger partial charge in [-0.2, -0.15) is 0 Å². The van der Waals surface area contributed by atoms with E-state index in [1.807, 2.05) is 0 Å². The molecule has 0 spiro atoms. The molecule has 1 aliphatic carbocycles. The zero-order valence-electron chi connectivity index (χ0n) is 8.98. The summed E-state index contributed by atoms with van der Waals surface area (Å²) >= 11 is 3.21. The van der Waals surface area contributed by atoms with E-state index in [1.165, 1.54) is 12.1 Å². The zero-order valence-corrected chi connectivity index (χ0v) is 10.6. The smallest absolute Gasteiger partial charge is 0.270 e. The highest BCUT2D eigenvalue weighted by Gasteiger charge is 2.25. The Morgan fingerprint density at radius 1 is 1.47 bits per heavy atom. The second-order valence-electron chi connectivity index (χ2n) is 4.04. The number of benzene rings is 1. The number of carbonyl (C=O) groups is 1. The normalized spacial score (nSPS) is 15.1. The Morgan fingerprint density at radius 2 is 2.18 bits per heavy atom. The second kappa shape index (κ2) is 4.83. The molecule has 90 valence electrons. The van der Waals surface area contributed by atoms with E-state index in [2.05, 4.69) is 21.2 Å². The number of nitrogens with one attached hydrogen (secondary N) is 1. The summed E-state index contributed by atoms with van der Waals surface area (Å²) in [6.07, 6.45) is 2.95. The van der Waals surface area contributed by atoms with Crippen LogP contribution in [0.4, 0.5) is 11.4 Å². The van der Waals surface area contributed by atoms with Crippen molar-refractivity contribution in [1.82, 2.24) is 0 Å². The van der Waals surface area contributed by atoms with Crippen molar-refractivity contribution in [2.45, 2.75) is 19.3 Å². The van der Waals surface area contributed by atoms with Gasteiger partial charge in [0.2, 0.25) is 5.91 Å². The second-order valence-corrected chi connectivity index (χ2v) is 4.89. The summed E-state index contributed by atoms with van der Waals surface area (Å²) in [5.74, 6) is 0.0860. The standard InChI is InChI=1S/C11H11BrN2O3/c12-9-6-8(14(16)17)4-5-10(9)13-11(15)7-2-1-3-7/h4-7H,1-3H2,(H,13,15). The topological polar surface area (TPSA) is 72.2 Å². The number of amides is 1. The molecule has 1 saturated carbocycles. The number of carbonyl (C=O) groups excluding carboxylic acids is 1. The maximum atomic E-state index is 11.7. The van der Waals surface area contributed by atoms with Crippen molar-refractivity contribution >= 4 is 33.2 Å². The molecule has 0 atom stereocenters. The number of anilines is 1. The van der Waals surface area contributed by atoms with Gasteiger partial charge < -0.3 is 5.32 Å². The number of nitrogens with zero attached hydrogens (tertiary/aromatic N) is 1. The third-order valence-corrected chi connectivity index (χ3v) is 3.55. The van der Waals surface area contributed by atoms with Crippen LogP contribution >= 0.6 is 15.9 Å². The summed E-state index contributed by atoms with van der Waals surface area (Å²) < 4.78 is 0.527. The SMILES string of the molecule is O=C(Nc1ccc([N+](=O)[O-])cc1Br)C1CCC1. The van der Waals surface area contributed by atoms with Gasteiger partial charge in [-0.05, 0) is 34.8 Å². The first-order chi connectivity index (χ1) is 8.08. The molecule has 0 saturated heterocycles. The van der Waals surface area contributed by atoms with Crippen molar-refractivity contribution in [2.75, 3.05) is 5.32 Å². The minimum Gasteiger partial charge on any atom is -0.325 e. The molecular weight excluding hydrogens is 288 g/mol. The number of hydrogen-bond donors (Lipinski definition) is 1. The minimum absolute atomic E-state index is 0.00137. The van der Waals surface area contributed by atoms with Gasteiger partial charge in [0.05, 0.1) is 10.6 Å². The van der Waals surface area contributed by atoms with Crippen LogP contribution in [0.25, 0.3) is 0 Å². The van der Waals surface area contributed by atoms with E-state index in [9.17, 15) is 14.9 Å². The fourth-order valence-corrected chi connectivity index (χ4v) is 2.09. The van der Waals surface area contributed by atoms with Gasteiger partial charge in [-0.15, -0.1) is 0 Å². The van der Waals surface area contributed by atoms with Gasteiger partial charge in [0.15, 0.2) is 0 Å². The van der Waals surface area contributed by atoms with Crippen LogP contribution in [-0.2, 0) is 4.79 Å². The summed E-state index contributed by atoms with van der Waals surface area (Å²) in [5, 5.41) is 13.3. The van der Waals surface area contributed by atoms with Crippen molar-refractivity contribution in [1.29, 1.82) is 0 Å². The number of nitro groups is 1. The maximum Gasteiger partial charge on any atom is 0.270 e. The van der Waals surface area contributed by atoms with Crippen molar-refractivity contribution in [3.63, 3.8) is 0 Å². The average Bonchev–Trinajstić information content (AvgIpc) is 2.18. The summed E-state index contributed by atoms with van der Waals surface area (Å²) in [4.78, 5) is 21.8. The summed E-state index contributed by atoms with van der Waals surface area (Å²) in [6, 6.07) is 4.30. The Kier molecular flexibility index (Phi) is 3.42. The number of non-ortho nitro benzene ring substituents is 1. The highest BCUT2D eigenvalue weighted by molar-refractivity contribution is 9.10. The fraction of sp³-hybridized carbons (Fsp3) is 0.364. The molecule has 0 radical (unpaired) electrons. The minimum atomic E-state index is -0.470. The van der Waals surface area contributed by atoms with E-state index in [0.717, 1.165) is 19.3 Å². The quantitative estimate of drug-likeness (QED) is 0.688. The fourth-order valence-electron chi connectivity index (χ4n) is 1.62. The lowest BCUT2D eigenvalue weighted by Gasteiger charge is -2.24. The molecule has 6 heteroatoms. The van der Waals surface area contributed by atoms with E-state index < -0.39 is 4.92 Å². The van der Waals surface area contributed by atoms with Gasteiger partial charge in [0.1, 0.15) is 0 Å². The van der Waals surface area contributed by atoms with E-state index in [-0.39, 0.29) is 17.5 Å². The predicted molar refractivity (Wildman–Crippen MR) is 66.8 cm³/mol. The van der Waals surface area contributed by atoms with Crippen molar-refractivity contribution < 1.29 is 9.72 Å². The Labute approximate surface area is 106 Å². The summed E-state index contributed by atoms with van der Waals surface area (Å²) in [5.41, 5.74) is 0.575. The van der Waals surface area contributed by atoms with E-state index >= 15 is 0 Å². The van der Waals surface area contributed by atoms with Gasteiger partial charge >= 0.3 is 0 Å². The highest BCUT2D eigenvalue weighted by atomic mass is 79.9. The van der Waals surface area contributed by atoms with Gasteiger partial charge in [0.25, 0.3) is 5.69 Å². The van der Waals surface area contributed by atoms with Crippen LogP contribution in [0, 0.1) is 16.0 Å². The van der Waals surface area contributed by atoms with E-state index in [1.54, 1.807) is 6.07 Å². The molecule has 1 aromatic carbocycles. The first-order valence-electron chi connectivity index (χ1n) is 5.33. The number of rotatable bonds is 3. The van der Waals surface area contributed by atoms with Gasteiger partial charge in [0, 0.05) is 22.5 Å². The van der Waals surface area contributed by atoms with Crippen LogP contribution in [-0.4, -0.2) is 10.8 Å². The third-order valence-electron chi connectivity index (χ3n) is 2.90. The molecule has 0 bridgehead atoms. The molecule has 1 aliphatic rings. The van der Waals surface area contributed by atoms with E-state index in [4.69, 9.17) is 0 Å². The van der Waals surface area contributed by atoms with Gasteiger partial charge in [-0.1, -0.05) is 6.42 Å². The Morgan fingerprint density at radius 3 is 2.65 bits per heavy atom. The molecule has 0 heterocycles. The predicted octanol–water partition coefficient (Wildman–Crippen LogP) is 3.10. The van der Waals surface area contributed by atoms with E-state index in [0.29, 0.717) is 10.2 Å². The van der Waals surface area contributed by atoms with Crippen LogP contribution < -0.4 is 5.32 Å². The molecule has 2 rings (SSSR count). The largest absolute Gasteiger partial charge is 0.325 e. The van der Waals surface area contributed by atoms with Crippen molar-refractivity contribution in [2.24, 2.45) is 5.92 Å². The van der Waals surface area contributed by atoms with Crippen LogP contribution in [0.1, 0.15) is 19.3 Å². The lowest BCUT2D eigenvalue weighted by atomic mass is 9.85. The summed E-state index contributed by atoms with van der Waals surface area (Å²) in [7, 11) is 0. The molecule has 0 aromatic heterocycles. The number of nitro benzene ring substituents is 1. The molecule has 5 nitrogen and oxygen atoms in total. The monoisotopic (exact) mass is 298 g/mol. The zero-order chi connectivity index (χ0) is 12.4. The molecule has 0 aliphatic heterocycles. The lowest BCUT2D eigenvalue weighted by Crippen LogP contribution is -2.28. The Hall–Kier alpha value is -1.43. The van der Waals surface area contributed by atoms with Crippen LogP contribution in [0.2, 0.25) is 0 Å². The molecular formula is C11H11BrN2O3. The first kappa shape index (κ1) is 12.0. The maximum absolute atomic E-state index is 11.7. The third kappa shape index (κ3) is 2.63. The average molecular weight is 299 g/mol. The van der Waals surface area contributed by atoms with Crippen LogP contribution in [0.15, 0.2) is 22.7 Å². The first-order valence-corrected chi connectivity index (χ1v) is 6.12. The number of hydrogen-bond acceptors (Lipinski definition) is 3. The van der Waals surface area contributed by atoms with Gasteiger partial charge in [-0.25, -0.2) is 0 Å². The molecule has 1 aromatic rings. The van der Waals surface area contributed by atoms with Crippen LogP contribution in [0.3, 0.4) is 0 Å².